The molecule has 2 aromatic rings. The van der Waals surface area contributed by atoms with E-state index < -0.39 is 10.0 Å². The molecule has 1 aromatic heterocycles. The fourth-order valence-corrected chi connectivity index (χ4v) is 6.26. The molecule has 0 atom stereocenters. The van der Waals surface area contributed by atoms with Gasteiger partial charge in [-0.05, 0) is 44.7 Å². The molecule has 1 aromatic carbocycles. The number of piperidine rings is 1. The summed E-state index contributed by atoms with van der Waals surface area (Å²) in [7, 11) is -1.84. The molecular weight excluding hydrogens is 376 g/mol. The number of carbonyl (C=O) groups is 1. The maximum Gasteiger partial charge on any atom is 0.246 e. The van der Waals surface area contributed by atoms with Crippen molar-refractivity contribution in [1.82, 2.24) is 14.1 Å². The standard InChI is InChI=1S/C20H26N4O3S/c1-14-19(15(2)22(3)21-14)28(26,27)23-11-8-17(9-12-23)20(25)24-13-10-16-6-4-5-7-18(16)24/h4-7,17H,8-13H2,1-3H3. The summed E-state index contributed by atoms with van der Waals surface area (Å²) in [5, 5.41) is 4.24. The Balaban J connectivity index is 1.47. The zero-order valence-electron chi connectivity index (χ0n) is 16.6. The van der Waals surface area contributed by atoms with E-state index in [1.807, 2.05) is 23.1 Å². The highest BCUT2D eigenvalue weighted by molar-refractivity contribution is 7.89. The van der Waals surface area contributed by atoms with Gasteiger partial charge >= 0.3 is 0 Å². The fraction of sp³-hybridized carbons (Fsp3) is 0.500. The Bertz CT molecular complexity index is 1020. The molecule has 28 heavy (non-hydrogen) atoms. The summed E-state index contributed by atoms with van der Waals surface area (Å²) in [4.78, 5) is 15.2. The van der Waals surface area contributed by atoms with E-state index in [9.17, 15) is 13.2 Å². The van der Waals surface area contributed by atoms with Gasteiger partial charge in [0, 0.05) is 38.3 Å². The monoisotopic (exact) mass is 402 g/mol. The van der Waals surface area contributed by atoms with Gasteiger partial charge in [-0.2, -0.15) is 9.40 Å². The molecule has 0 N–H and O–H groups in total. The average molecular weight is 403 g/mol. The van der Waals surface area contributed by atoms with Crippen molar-refractivity contribution < 1.29 is 13.2 Å². The van der Waals surface area contributed by atoms with E-state index in [0.717, 1.165) is 12.1 Å². The van der Waals surface area contributed by atoms with Crippen LogP contribution in [-0.2, 0) is 28.3 Å². The SMILES string of the molecule is Cc1nn(C)c(C)c1S(=O)(=O)N1CCC(C(=O)N2CCc3ccccc32)CC1. The van der Waals surface area contributed by atoms with Gasteiger partial charge in [0.25, 0.3) is 0 Å². The molecule has 4 rings (SSSR count). The van der Waals surface area contributed by atoms with Crippen LogP contribution < -0.4 is 4.90 Å². The molecule has 3 heterocycles. The minimum absolute atomic E-state index is 0.121. The third-order valence-electron chi connectivity index (χ3n) is 6.00. The number of fused-ring (bicyclic) bond motifs is 1. The van der Waals surface area contributed by atoms with Gasteiger partial charge in [0.05, 0.1) is 11.4 Å². The smallest absolute Gasteiger partial charge is 0.246 e. The second kappa shape index (κ2) is 7.00. The van der Waals surface area contributed by atoms with Crippen LogP contribution in [-0.4, -0.2) is 48.0 Å². The normalized spacial score (nSPS) is 18.5. The van der Waals surface area contributed by atoms with Crippen LogP contribution in [0.1, 0.15) is 29.8 Å². The topological polar surface area (TPSA) is 75.5 Å². The number of amides is 1. The highest BCUT2D eigenvalue weighted by Crippen LogP contribution is 2.32. The molecule has 150 valence electrons. The van der Waals surface area contributed by atoms with E-state index in [2.05, 4.69) is 11.2 Å². The molecule has 0 radical (unpaired) electrons. The number of nitrogens with zero attached hydrogens (tertiary/aromatic N) is 4. The zero-order chi connectivity index (χ0) is 20.1. The number of hydrogen-bond acceptors (Lipinski definition) is 4. The number of hydrogen-bond donors (Lipinski definition) is 0. The lowest BCUT2D eigenvalue weighted by Gasteiger charge is -2.32. The number of anilines is 1. The van der Waals surface area contributed by atoms with Crippen LogP contribution in [0, 0.1) is 19.8 Å². The third-order valence-corrected chi connectivity index (χ3v) is 8.15. The van der Waals surface area contributed by atoms with Gasteiger partial charge in [-0.3, -0.25) is 9.48 Å². The number of para-hydroxylation sites is 1. The molecule has 0 bridgehead atoms. The molecule has 0 aliphatic carbocycles. The molecule has 2 aliphatic heterocycles. The Labute approximate surface area is 166 Å². The van der Waals surface area contributed by atoms with Crippen LogP contribution in [0.25, 0.3) is 0 Å². The molecule has 1 fully saturated rings. The van der Waals surface area contributed by atoms with Gasteiger partial charge in [-0.15, -0.1) is 0 Å². The minimum atomic E-state index is -3.59. The Hall–Kier alpha value is -2.19. The summed E-state index contributed by atoms with van der Waals surface area (Å²) in [5.41, 5.74) is 3.37. The van der Waals surface area contributed by atoms with E-state index in [4.69, 9.17) is 0 Å². The molecule has 2 aliphatic rings. The van der Waals surface area contributed by atoms with Gasteiger partial charge < -0.3 is 4.90 Å². The molecule has 7 nitrogen and oxygen atoms in total. The third kappa shape index (κ3) is 3.04. The Morgan fingerprint density at radius 2 is 1.79 bits per heavy atom. The molecule has 8 heteroatoms. The first kappa shape index (κ1) is 19.1. The van der Waals surface area contributed by atoms with Gasteiger partial charge in [-0.1, -0.05) is 18.2 Å². The molecule has 0 unspecified atom stereocenters. The van der Waals surface area contributed by atoms with E-state index in [1.165, 1.54) is 9.87 Å². The number of aryl methyl sites for hydroxylation is 2. The number of benzene rings is 1. The molecule has 1 amide bonds. The van der Waals surface area contributed by atoms with Crippen molar-refractivity contribution in [3.63, 3.8) is 0 Å². The van der Waals surface area contributed by atoms with Crippen LogP contribution in [0.15, 0.2) is 29.2 Å². The zero-order valence-corrected chi connectivity index (χ0v) is 17.4. The number of sulfonamides is 1. The van der Waals surface area contributed by atoms with Gasteiger partial charge in [0.2, 0.25) is 15.9 Å². The molecular formula is C20H26N4O3S. The van der Waals surface area contributed by atoms with Crippen molar-refractivity contribution in [2.24, 2.45) is 13.0 Å². The Morgan fingerprint density at radius 1 is 1.11 bits per heavy atom. The quantitative estimate of drug-likeness (QED) is 0.787. The van der Waals surface area contributed by atoms with Crippen LogP contribution >= 0.6 is 0 Å². The van der Waals surface area contributed by atoms with Crippen LogP contribution in [0.4, 0.5) is 5.69 Å². The summed E-state index contributed by atoms with van der Waals surface area (Å²) >= 11 is 0. The molecule has 0 spiro atoms. The number of carbonyl (C=O) groups excluding carboxylic acids is 1. The van der Waals surface area contributed by atoms with E-state index >= 15 is 0 Å². The lowest BCUT2D eigenvalue weighted by molar-refractivity contribution is -0.123. The molecule has 1 saturated heterocycles. The minimum Gasteiger partial charge on any atom is -0.312 e. The first-order valence-corrected chi connectivity index (χ1v) is 11.1. The van der Waals surface area contributed by atoms with Crippen molar-refractivity contribution in [2.75, 3.05) is 24.5 Å². The van der Waals surface area contributed by atoms with Gasteiger partial charge in [0.1, 0.15) is 4.90 Å². The van der Waals surface area contributed by atoms with Crippen molar-refractivity contribution >= 4 is 21.6 Å². The highest BCUT2D eigenvalue weighted by Gasteiger charge is 2.37. The second-order valence-electron chi connectivity index (χ2n) is 7.67. The fourth-order valence-electron chi connectivity index (χ4n) is 4.39. The summed E-state index contributed by atoms with van der Waals surface area (Å²) in [6.07, 6.45) is 1.98. The average Bonchev–Trinajstić information content (AvgIpc) is 3.22. The van der Waals surface area contributed by atoms with Crippen molar-refractivity contribution in [3.05, 3.63) is 41.2 Å². The largest absolute Gasteiger partial charge is 0.312 e. The highest BCUT2D eigenvalue weighted by atomic mass is 32.2. The van der Waals surface area contributed by atoms with Crippen molar-refractivity contribution in [2.45, 2.75) is 38.0 Å². The number of aromatic nitrogens is 2. The predicted octanol–water partition coefficient (Wildman–Crippen LogP) is 2.03. The summed E-state index contributed by atoms with van der Waals surface area (Å²) < 4.78 is 29.3. The predicted molar refractivity (Wildman–Crippen MR) is 107 cm³/mol. The second-order valence-corrected chi connectivity index (χ2v) is 9.55. The Morgan fingerprint density at radius 3 is 2.43 bits per heavy atom. The van der Waals surface area contributed by atoms with Crippen LogP contribution in [0.5, 0.6) is 0 Å². The van der Waals surface area contributed by atoms with Crippen LogP contribution in [0.2, 0.25) is 0 Å². The van der Waals surface area contributed by atoms with Crippen LogP contribution in [0.3, 0.4) is 0 Å². The summed E-state index contributed by atoms with van der Waals surface area (Å²) in [5.74, 6) is -0.00978. The first-order valence-electron chi connectivity index (χ1n) is 9.70. The first-order chi connectivity index (χ1) is 13.3. The summed E-state index contributed by atoms with van der Waals surface area (Å²) in [6.45, 7) is 4.93. The maximum absolute atomic E-state index is 13.1. The van der Waals surface area contributed by atoms with E-state index in [1.54, 1.807) is 25.6 Å². The van der Waals surface area contributed by atoms with Crippen molar-refractivity contribution in [1.29, 1.82) is 0 Å². The van der Waals surface area contributed by atoms with Gasteiger partial charge in [0.15, 0.2) is 0 Å². The van der Waals surface area contributed by atoms with E-state index in [0.29, 0.717) is 48.8 Å². The maximum atomic E-state index is 13.1. The lowest BCUT2D eigenvalue weighted by Crippen LogP contribution is -2.44. The number of rotatable bonds is 3. The van der Waals surface area contributed by atoms with E-state index in [-0.39, 0.29) is 11.8 Å². The Kier molecular flexibility index (Phi) is 4.79. The van der Waals surface area contributed by atoms with Crippen molar-refractivity contribution in [3.8, 4) is 0 Å². The molecule has 0 saturated carbocycles. The summed E-state index contributed by atoms with van der Waals surface area (Å²) in [6, 6.07) is 8.01. The lowest BCUT2D eigenvalue weighted by atomic mass is 9.96. The van der Waals surface area contributed by atoms with Gasteiger partial charge in [-0.25, -0.2) is 8.42 Å².